The molecular weight excluding hydrogens is 434 g/mol. The van der Waals surface area contributed by atoms with E-state index in [4.69, 9.17) is 9.47 Å². The van der Waals surface area contributed by atoms with Crippen molar-refractivity contribution in [3.8, 4) is 17.2 Å². The first-order valence-electron chi connectivity index (χ1n) is 7.79. The van der Waals surface area contributed by atoms with Crippen molar-refractivity contribution in [2.45, 2.75) is 5.16 Å². The summed E-state index contributed by atoms with van der Waals surface area (Å²) in [5, 5.41) is 15.0. The quantitative estimate of drug-likeness (QED) is 0.553. The van der Waals surface area contributed by atoms with E-state index in [0.29, 0.717) is 22.3 Å². The molecule has 0 spiro atoms. The molecule has 10 heteroatoms. The number of methoxy groups -OCH3 is 2. The summed E-state index contributed by atoms with van der Waals surface area (Å²) in [6, 6.07) is 12.7. The second-order valence-electron chi connectivity index (χ2n) is 5.29. The largest absolute Gasteiger partial charge is 0.497 e. The fraction of sp³-hybridized carbons (Fsp3) is 0.176. The number of nitrogens with one attached hydrogen (secondary N) is 1. The molecule has 1 N–H and O–H groups in total. The molecular formula is C17H16BrN5O3S. The van der Waals surface area contributed by atoms with Crippen molar-refractivity contribution in [3.63, 3.8) is 0 Å². The monoisotopic (exact) mass is 449 g/mol. The number of amides is 1. The van der Waals surface area contributed by atoms with Crippen LogP contribution in [-0.2, 0) is 4.79 Å². The molecule has 0 saturated carbocycles. The molecule has 8 nitrogen and oxygen atoms in total. The minimum Gasteiger partial charge on any atom is -0.497 e. The van der Waals surface area contributed by atoms with Gasteiger partial charge in [0.25, 0.3) is 0 Å². The summed E-state index contributed by atoms with van der Waals surface area (Å²) in [5.74, 6) is 1.14. The van der Waals surface area contributed by atoms with E-state index in [0.717, 1.165) is 10.2 Å². The average Bonchev–Trinajstić information content (AvgIpc) is 3.15. The lowest BCUT2D eigenvalue weighted by molar-refractivity contribution is -0.113. The molecule has 0 atom stereocenters. The standard InChI is InChI=1S/C17H16BrN5O3S/c1-25-14-7-12(8-15(9-14)26-2)19-16(24)10-27-17-20-21-22-23(17)13-5-3-11(18)4-6-13/h3-9H,10H2,1-2H3,(H,19,24). The lowest BCUT2D eigenvalue weighted by atomic mass is 10.2. The molecule has 2 aromatic carbocycles. The van der Waals surface area contributed by atoms with Gasteiger partial charge in [-0.1, -0.05) is 27.7 Å². The van der Waals surface area contributed by atoms with Gasteiger partial charge >= 0.3 is 0 Å². The van der Waals surface area contributed by atoms with Crippen LogP contribution in [0.4, 0.5) is 5.69 Å². The van der Waals surface area contributed by atoms with E-state index < -0.39 is 0 Å². The van der Waals surface area contributed by atoms with Crippen LogP contribution in [0.3, 0.4) is 0 Å². The predicted octanol–water partition coefficient (Wildman–Crippen LogP) is 3.17. The zero-order valence-electron chi connectivity index (χ0n) is 14.5. The number of rotatable bonds is 7. The summed E-state index contributed by atoms with van der Waals surface area (Å²) < 4.78 is 12.9. The molecule has 0 unspecified atom stereocenters. The molecule has 27 heavy (non-hydrogen) atoms. The van der Waals surface area contributed by atoms with Gasteiger partial charge in [0.05, 0.1) is 25.7 Å². The normalized spacial score (nSPS) is 10.5. The van der Waals surface area contributed by atoms with Crippen LogP contribution in [0.2, 0.25) is 0 Å². The number of tetrazole rings is 1. The SMILES string of the molecule is COc1cc(NC(=O)CSc2nnnn2-c2ccc(Br)cc2)cc(OC)c1. The van der Waals surface area contributed by atoms with Gasteiger partial charge in [-0.25, -0.2) is 0 Å². The van der Waals surface area contributed by atoms with Gasteiger partial charge in [0.2, 0.25) is 11.1 Å². The highest BCUT2D eigenvalue weighted by molar-refractivity contribution is 9.10. The fourth-order valence-corrected chi connectivity index (χ4v) is 3.18. The van der Waals surface area contributed by atoms with Crippen LogP contribution >= 0.6 is 27.7 Å². The van der Waals surface area contributed by atoms with Crippen molar-refractivity contribution < 1.29 is 14.3 Å². The van der Waals surface area contributed by atoms with Gasteiger partial charge in [-0.05, 0) is 34.7 Å². The van der Waals surface area contributed by atoms with E-state index in [1.54, 1.807) is 37.1 Å². The third kappa shape index (κ3) is 4.98. The topological polar surface area (TPSA) is 91.2 Å². The van der Waals surface area contributed by atoms with E-state index in [1.165, 1.54) is 11.8 Å². The highest BCUT2D eigenvalue weighted by atomic mass is 79.9. The van der Waals surface area contributed by atoms with Crippen LogP contribution in [0.25, 0.3) is 5.69 Å². The minimum absolute atomic E-state index is 0.149. The molecule has 140 valence electrons. The van der Waals surface area contributed by atoms with Gasteiger partial charge in [-0.3, -0.25) is 4.79 Å². The zero-order valence-corrected chi connectivity index (χ0v) is 17.0. The molecule has 0 fully saturated rings. The van der Waals surface area contributed by atoms with Crippen LogP contribution in [0, 0.1) is 0 Å². The Kier molecular flexibility index (Phi) is 6.30. The van der Waals surface area contributed by atoms with Crippen LogP contribution < -0.4 is 14.8 Å². The number of ether oxygens (including phenoxy) is 2. The zero-order chi connectivity index (χ0) is 19.2. The molecule has 0 radical (unpaired) electrons. The van der Waals surface area contributed by atoms with E-state index >= 15 is 0 Å². The van der Waals surface area contributed by atoms with Crippen LogP contribution in [0.1, 0.15) is 0 Å². The fourth-order valence-electron chi connectivity index (χ4n) is 2.22. The summed E-state index contributed by atoms with van der Waals surface area (Å²) in [7, 11) is 3.11. The number of carbonyl (C=O) groups is 1. The highest BCUT2D eigenvalue weighted by Crippen LogP contribution is 2.26. The second-order valence-corrected chi connectivity index (χ2v) is 7.15. The summed E-state index contributed by atoms with van der Waals surface area (Å²) in [5.41, 5.74) is 1.40. The van der Waals surface area contributed by atoms with Gasteiger partial charge in [0.1, 0.15) is 11.5 Å². The smallest absolute Gasteiger partial charge is 0.234 e. The van der Waals surface area contributed by atoms with Gasteiger partial charge in [0, 0.05) is 28.4 Å². The average molecular weight is 450 g/mol. The summed E-state index contributed by atoms with van der Waals surface area (Å²) in [4.78, 5) is 12.3. The Morgan fingerprint density at radius 3 is 2.44 bits per heavy atom. The van der Waals surface area contributed by atoms with Gasteiger partial charge in [0.15, 0.2) is 0 Å². The Bertz CT molecular complexity index is 910. The maximum Gasteiger partial charge on any atom is 0.234 e. The van der Waals surface area contributed by atoms with Crippen LogP contribution in [-0.4, -0.2) is 46.1 Å². The second kappa shape index (κ2) is 8.87. The lowest BCUT2D eigenvalue weighted by Gasteiger charge is -2.10. The first kappa shape index (κ1) is 19.2. The predicted molar refractivity (Wildman–Crippen MR) is 106 cm³/mol. The molecule has 0 bridgehead atoms. The molecule has 3 rings (SSSR count). The van der Waals surface area contributed by atoms with Gasteiger partial charge in [-0.15, -0.1) is 5.10 Å². The molecule has 3 aromatic rings. The third-order valence-electron chi connectivity index (χ3n) is 3.48. The maximum atomic E-state index is 12.3. The number of carbonyl (C=O) groups excluding carboxylic acids is 1. The number of benzene rings is 2. The minimum atomic E-state index is -0.194. The molecule has 0 saturated heterocycles. The number of thioether (sulfide) groups is 1. The number of anilines is 1. The molecule has 0 aliphatic carbocycles. The van der Waals surface area contributed by atoms with E-state index in [1.807, 2.05) is 24.3 Å². The molecule has 1 heterocycles. The number of hydrogen-bond donors (Lipinski definition) is 1. The van der Waals surface area contributed by atoms with Crippen LogP contribution in [0.15, 0.2) is 52.1 Å². The lowest BCUT2D eigenvalue weighted by Crippen LogP contribution is -2.14. The van der Waals surface area contributed by atoms with Crippen molar-refractivity contribution in [1.82, 2.24) is 20.2 Å². The van der Waals surface area contributed by atoms with Crippen molar-refractivity contribution in [2.24, 2.45) is 0 Å². The Hall–Kier alpha value is -2.59. The molecule has 0 aliphatic heterocycles. The summed E-state index contributed by atoms with van der Waals surface area (Å²) >= 11 is 4.63. The number of halogens is 1. The highest BCUT2D eigenvalue weighted by Gasteiger charge is 2.12. The Labute approximate surface area is 168 Å². The van der Waals surface area contributed by atoms with E-state index in [-0.39, 0.29) is 11.7 Å². The summed E-state index contributed by atoms with van der Waals surface area (Å²) in [6.45, 7) is 0. The van der Waals surface area contributed by atoms with Gasteiger partial charge in [-0.2, -0.15) is 4.68 Å². The van der Waals surface area contributed by atoms with Crippen molar-refractivity contribution in [2.75, 3.05) is 25.3 Å². The van der Waals surface area contributed by atoms with Crippen LogP contribution in [0.5, 0.6) is 11.5 Å². The Morgan fingerprint density at radius 1 is 1.15 bits per heavy atom. The molecule has 1 amide bonds. The first-order chi connectivity index (χ1) is 13.1. The molecule has 0 aliphatic rings. The number of hydrogen-bond acceptors (Lipinski definition) is 7. The Balaban J connectivity index is 1.65. The number of aromatic nitrogens is 4. The van der Waals surface area contributed by atoms with Gasteiger partial charge < -0.3 is 14.8 Å². The van der Waals surface area contributed by atoms with Crippen molar-refractivity contribution in [3.05, 3.63) is 46.9 Å². The summed E-state index contributed by atoms with van der Waals surface area (Å²) in [6.07, 6.45) is 0. The van der Waals surface area contributed by atoms with Crippen molar-refractivity contribution >= 4 is 39.3 Å². The Morgan fingerprint density at radius 2 is 1.81 bits per heavy atom. The van der Waals surface area contributed by atoms with E-state index in [2.05, 4.69) is 36.8 Å². The number of nitrogens with zero attached hydrogens (tertiary/aromatic N) is 4. The first-order valence-corrected chi connectivity index (χ1v) is 9.57. The maximum absolute atomic E-state index is 12.3. The van der Waals surface area contributed by atoms with Crippen molar-refractivity contribution in [1.29, 1.82) is 0 Å². The molecule has 1 aromatic heterocycles. The third-order valence-corrected chi connectivity index (χ3v) is 4.93. The van der Waals surface area contributed by atoms with E-state index in [9.17, 15) is 4.79 Å².